The zero-order chi connectivity index (χ0) is 26.8. The van der Waals surface area contributed by atoms with Crippen LogP contribution in [0.25, 0.3) is 0 Å². The molecule has 2 aliphatic heterocycles. The van der Waals surface area contributed by atoms with Gasteiger partial charge in [0.15, 0.2) is 0 Å². The van der Waals surface area contributed by atoms with E-state index >= 15 is 0 Å². The number of hydrogen-bond donors (Lipinski definition) is 2. The molecule has 7 nitrogen and oxygen atoms in total. The van der Waals surface area contributed by atoms with Crippen LogP contribution in [0.2, 0.25) is 0 Å². The van der Waals surface area contributed by atoms with Crippen molar-refractivity contribution in [1.82, 2.24) is 20.4 Å². The highest BCUT2D eigenvalue weighted by Gasteiger charge is 2.41. The maximum absolute atomic E-state index is 13.3. The third-order valence-electron chi connectivity index (χ3n) is 8.87. The number of alkyl halides is 1. The number of amides is 3. The Balaban J connectivity index is 1.52. The summed E-state index contributed by atoms with van der Waals surface area (Å²) in [4.78, 5) is 42.7. The molecule has 3 fully saturated rings. The van der Waals surface area contributed by atoms with E-state index in [1.165, 1.54) is 0 Å². The van der Waals surface area contributed by atoms with E-state index in [4.69, 9.17) is 11.6 Å². The number of carbonyl (C=O) groups excluding carboxylic acids is 3. The van der Waals surface area contributed by atoms with E-state index in [0.29, 0.717) is 18.9 Å². The molecule has 0 radical (unpaired) electrons. The largest absolute Gasteiger partial charge is 0.355 e. The lowest BCUT2D eigenvalue weighted by Crippen LogP contribution is -2.53. The highest BCUT2D eigenvalue weighted by Crippen LogP contribution is 2.37. The van der Waals surface area contributed by atoms with Crippen LogP contribution in [0.1, 0.15) is 73.6 Å². The van der Waals surface area contributed by atoms with Gasteiger partial charge in [-0.3, -0.25) is 14.4 Å². The first-order valence-electron chi connectivity index (χ1n) is 14.0. The van der Waals surface area contributed by atoms with Crippen LogP contribution in [0.5, 0.6) is 0 Å². The minimum Gasteiger partial charge on any atom is -0.355 e. The molecule has 36 heavy (non-hydrogen) atoms. The zero-order valence-electron chi connectivity index (χ0n) is 23.5. The van der Waals surface area contributed by atoms with Crippen LogP contribution in [0, 0.1) is 35.0 Å². The van der Waals surface area contributed by atoms with Gasteiger partial charge in [0.05, 0.1) is 5.92 Å². The SMILES string of the molecule is CC1CC(C)C(CNC(=O)C2CC(Cl)CC(N(C)CC3CCN(C(=O)C(C)(C)C)CC3)C2C)C(=O)N1. The molecule has 206 valence electrons. The highest BCUT2D eigenvalue weighted by atomic mass is 35.5. The number of rotatable bonds is 6. The second-order valence-corrected chi connectivity index (χ2v) is 13.6. The summed E-state index contributed by atoms with van der Waals surface area (Å²) in [6.45, 7) is 15.3. The predicted octanol–water partition coefficient (Wildman–Crippen LogP) is 3.50. The fourth-order valence-electron chi connectivity index (χ4n) is 6.62. The van der Waals surface area contributed by atoms with Crippen LogP contribution in [-0.2, 0) is 14.4 Å². The number of halogens is 1. The van der Waals surface area contributed by atoms with Crippen molar-refractivity contribution in [2.24, 2.45) is 35.0 Å². The molecule has 7 atom stereocenters. The first-order chi connectivity index (χ1) is 16.8. The third kappa shape index (κ3) is 7.15. The molecule has 0 bridgehead atoms. The van der Waals surface area contributed by atoms with Gasteiger partial charge < -0.3 is 20.4 Å². The molecule has 3 rings (SSSR count). The van der Waals surface area contributed by atoms with Crippen molar-refractivity contribution >= 4 is 29.3 Å². The van der Waals surface area contributed by atoms with E-state index in [9.17, 15) is 14.4 Å². The van der Waals surface area contributed by atoms with Gasteiger partial charge in [0.25, 0.3) is 0 Å². The molecule has 0 spiro atoms. The minimum atomic E-state index is -0.330. The maximum Gasteiger partial charge on any atom is 0.227 e. The number of nitrogens with zero attached hydrogens (tertiary/aromatic N) is 2. The van der Waals surface area contributed by atoms with Crippen molar-refractivity contribution in [1.29, 1.82) is 0 Å². The summed E-state index contributed by atoms with van der Waals surface area (Å²) in [7, 11) is 2.16. The molecule has 1 aliphatic carbocycles. The Bertz CT molecular complexity index is 792. The molecule has 0 aromatic heterocycles. The van der Waals surface area contributed by atoms with E-state index in [2.05, 4.69) is 36.4 Å². The second-order valence-electron chi connectivity index (χ2n) is 13.0. The molecule has 2 heterocycles. The Morgan fingerprint density at radius 2 is 1.75 bits per heavy atom. The Morgan fingerprint density at radius 3 is 2.33 bits per heavy atom. The monoisotopic (exact) mass is 524 g/mol. The van der Waals surface area contributed by atoms with Gasteiger partial charge in [0.2, 0.25) is 17.7 Å². The van der Waals surface area contributed by atoms with Gasteiger partial charge in [-0.15, -0.1) is 11.6 Å². The summed E-state index contributed by atoms with van der Waals surface area (Å²) < 4.78 is 0. The first kappa shape index (κ1) is 29.2. The summed E-state index contributed by atoms with van der Waals surface area (Å²) in [5, 5.41) is 6.08. The number of carbonyl (C=O) groups is 3. The van der Waals surface area contributed by atoms with E-state index in [1.807, 2.05) is 32.6 Å². The van der Waals surface area contributed by atoms with Gasteiger partial charge in [-0.05, 0) is 63.8 Å². The third-order valence-corrected chi connectivity index (χ3v) is 9.23. The molecule has 2 N–H and O–H groups in total. The topological polar surface area (TPSA) is 81.8 Å². The van der Waals surface area contributed by atoms with Crippen LogP contribution in [0.15, 0.2) is 0 Å². The summed E-state index contributed by atoms with van der Waals surface area (Å²) in [5.41, 5.74) is -0.330. The number of piperidine rings is 2. The molecular weight excluding hydrogens is 476 g/mol. The van der Waals surface area contributed by atoms with Gasteiger partial charge in [0, 0.05) is 55.0 Å². The molecule has 2 saturated heterocycles. The standard InChI is InChI=1S/C28H49ClN4O3/c1-17-12-18(2)31-26(35)23(17)15-30-25(34)22-13-21(29)14-24(19(22)3)32(7)16-20-8-10-33(11-9-20)27(36)28(4,5)6/h17-24H,8-16H2,1-7H3,(H,30,34)(H,31,35). The lowest BCUT2D eigenvalue weighted by atomic mass is 9.75. The Hall–Kier alpha value is -1.34. The van der Waals surface area contributed by atoms with Gasteiger partial charge >= 0.3 is 0 Å². The molecule has 0 aromatic rings. The number of likely N-dealkylation sites (tertiary alicyclic amines) is 1. The van der Waals surface area contributed by atoms with Crippen LogP contribution < -0.4 is 10.6 Å². The maximum atomic E-state index is 13.3. The van der Waals surface area contributed by atoms with Gasteiger partial charge in [-0.1, -0.05) is 34.6 Å². The normalized spacial score (nSPS) is 34.4. The van der Waals surface area contributed by atoms with Crippen molar-refractivity contribution in [2.45, 2.75) is 91.1 Å². The molecule has 7 unspecified atom stereocenters. The lowest BCUT2D eigenvalue weighted by molar-refractivity contribution is -0.141. The number of nitrogens with one attached hydrogen (secondary N) is 2. The van der Waals surface area contributed by atoms with Crippen molar-refractivity contribution in [2.75, 3.05) is 33.2 Å². The molecular formula is C28H49ClN4O3. The average molecular weight is 525 g/mol. The Morgan fingerprint density at radius 1 is 1.11 bits per heavy atom. The van der Waals surface area contributed by atoms with Gasteiger partial charge in [-0.2, -0.15) is 0 Å². The Labute approximate surface area is 223 Å². The van der Waals surface area contributed by atoms with Crippen LogP contribution >= 0.6 is 11.6 Å². The van der Waals surface area contributed by atoms with E-state index in [1.54, 1.807) is 0 Å². The fourth-order valence-corrected chi connectivity index (χ4v) is 6.99. The van der Waals surface area contributed by atoms with E-state index < -0.39 is 0 Å². The van der Waals surface area contributed by atoms with Crippen LogP contribution in [-0.4, -0.2) is 78.2 Å². The lowest BCUT2D eigenvalue weighted by Gasteiger charge is -2.44. The molecule has 0 aromatic carbocycles. The smallest absolute Gasteiger partial charge is 0.227 e. The van der Waals surface area contributed by atoms with Gasteiger partial charge in [-0.25, -0.2) is 0 Å². The quantitative estimate of drug-likeness (QED) is 0.521. The van der Waals surface area contributed by atoms with Crippen molar-refractivity contribution in [3.8, 4) is 0 Å². The first-order valence-corrected chi connectivity index (χ1v) is 14.4. The molecule has 3 aliphatic rings. The van der Waals surface area contributed by atoms with E-state index in [0.717, 1.165) is 45.3 Å². The Kier molecular flexibility index (Phi) is 9.75. The second kappa shape index (κ2) is 12.0. The summed E-state index contributed by atoms with van der Waals surface area (Å²) >= 11 is 6.70. The van der Waals surface area contributed by atoms with Crippen molar-refractivity contribution < 1.29 is 14.4 Å². The van der Waals surface area contributed by atoms with E-state index in [-0.39, 0.29) is 64.3 Å². The molecule has 1 saturated carbocycles. The zero-order valence-corrected chi connectivity index (χ0v) is 24.2. The van der Waals surface area contributed by atoms with Crippen LogP contribution in [0.4, 0.5) is 0 Å². The van der Waals surface area contributed by atoms with Crippen LogP contribution in [0.3, 0.4) is 0 Å². The summed E-state index contributed by atoms with van der Waals surface area (Å²) in [6.07, 6.45) is 4.52. The molecule has 8 heteroatoms. The van der Waals surface area contributed by atoms with Gasteiger partial charge in [0.1, 0.15) is 0 Å². The fraction of sp³-hybridized carbons (Fsp3) is 0.893. The number of hydrogen-bond acceptors (Lipinski definition) is 4. The predicted molar refractivity (Wildman–Crippen MR) is 145 cm³/mol. The average Bonchev–Trinajstić information content (AvgIpc) is 2.78. The molecule has 3 amide bonds. The van der Waals surface area contributed by atoms with Crippen molar-refractivity contribution in [3.05, 3.63) is 0 Å². The summed E-state index contributed by atoms with van der Waals surface area (Å²) in [6, 6.07) is 0.432. The highest BCUT2D eigenvalue weighted by molar-refractivity contribution is 6.20. The summed E-state index contributed by atoms with van der Waals surface area (Å²) in [5.74, 6) is 0.964. The van der Waals surface area contributed by atoms with Crippen molar-refractivity contribution in [3.63, 3.8) is 0 Å². The minimum absolute atomic E-state index is 0.0267.